The van der Waals surface area contributed by atoms with Gasteiger partial charge >= 0.3 is 0 Å². The number of aliphatic hydroxyl groups is 1. The quantitative estimate of drug-likeness (QED) is 0.770. The summed E-state index contributed by atoms with van der Waals surface area (Å²) in [5.74, 6) is 2.37. The van der Waals surface area contributed by atoms with Gasteiger partial charge in [0, 0.05) is 13.1 Å². The van der Waals surface area contributed by atoms with Crippen LogP contribution in [0.4, 0.5) is 0 Å². The van der Waals surface area contributed by atoms with Crippen molar-refractivity contribution >= 4 is 0 Å². The molecule has 0 amide bonds. The molecule has 0 aromatic carbocycles. The van der Waals surface area contributed by atoms with Gasteiger partial charge in [0.15, 0.2) is 0 Å². The topological polar surface area (TPSA) is 23.5 Å². The van der Waals surface area contributed by atoms with Crippen molar-refractivity contribution in [3.63, 3.8) is 0 Å². The second-order valence-electron chi connectivity index (χ2n) is 6.21. The lowest BCUT2D eigenvalue weighted by molar-refractivity contribution is 0.0268. The minimum atomic E-state index is -0.0361. The van der Waals surface area contributed by atoms with Crippen molar-refractivity contribution in [2.45, 2.75) is 58.5 Å². The van der Waals surface area contributed by atoms with E-state index >= 15 is 0 Å². The summed E-state index contributed by atoms with van der Waals surface area (Å²) < 4.78 is 0. The van der Waals surface area contributed by atoms with Crippen LogP contribution >= 0.6 is 0 Å². The van der Waals surface area contributed by atoms with Gasteiger partial charge in [-0.15, -0.1) is 0 Å². The molecule has 0 radical (unpaired) electrons. The van der Waals surface area contributed by atoms with Crippen LogP contribution in [0.1, 0.15) is 52.4 Å². The van der Waals surface area contributed by atoms with E-state index in [-0.39, 0.29) is 6.10 Å². The fourth-order valence-electron chi connectivity index (χ4n) is 3.24. The van der Waals surface area contributed by atoms with E-state index < -0.39 is 0 Å². The molecule has 2 nitrogen and oxygen atoms in total. The monoisotopic (exact) mass is 239 g/mol. The maximum atomic E-state index is 10.1. The summed E-state index contributed by atoms with van der Waals surface area (Å²) in [5.41, 5.74) is 0. The molecular formula is C15H29NO. The van der Waals surface area contributed by atoms with Crippen molar-refractivity contribution in [1.82, 2.24) is 4.90 Å². The maximum Gasteiger partial charge on any atom is 0.0580 e. The molecule has 2 aliphatic carbocycles. The third-order valence-electron chi connectivity index (χ3n) is 4.78. The molecule has 0 aromatic heterocycles. The van der Waals surface area contributed by atoms with Crippen LogP contribution in [0.2, 0.25) is 0 Å². The molecule has 2 saturated carbocycles. The SMILES string of the molecule is CCC1CCC(O)C(CN(CC)CC2CC2)C1. The summed E-state index contributed by atoms with van der Waals surface area (Å²) in [6.07, 6.45) is 7.64. The van der Waals surface area contributed by atoms with Crippen molar-refractivity contribution in [3.8, 4) is 0 Å². The molecule has 0 spiro atoms. The Bertz CT molecular complexity index is 227. The van der Waals surface area contributed by atoms with Crippen molar-refractivity contribution in [1.29, 1.82) is 0 Å². The standard InChI is InChI=1S/C15H29NO/c1-3-12-7-8-15(17)14(9-12)11-16(4-2)10-13-5-6-13/h12-15,17H,3-11H2,1-2H3. The second kappa shape index (κ2) is 6.19. The fourth-order valence-corrected chi connectivity index (χ4v) is 3.24. The molecule has 0 heterocycles. The lowest BCUT2D eigenvalue weighted by Gasteiger charge is -2.36. The Balaban J connectivity index is 1.80. The van der Waals surface area contributed by atoms with Gasteiger partial charge in [0.05, 0.1) is 6.10 Å². The van der Waals surface area contributed by atoms with Gasteiger partial charge < -0.3 is 10.0 Å². The van der Waals surface area contributed by atoms with Crippen molar-refractivity contribution in [2.24, 2.45) is 17.8 Å². The van der Waals surface area contributed by atoms with Gasteiger partial charge in [-0.1, -0.05) is 20.3 Å². The van der Waals surface area contributed by atoms with E-state index in [1.54, 1.807) is 0 Å². The smallest absolute Gasteiger partial charge is 0.0580 e. The maximum absolute atomic E-state index is 10.1. The number of rotatable bonds is 6. The molecular weight excluding hydrogens is 210 g/mol. The van der Waals surface area contributed by atoms with Gasteiger partial charge in [0.2, 0.25) is 0 Å². The van der Waals surface area contributed by atoms with E-state index in [0.717, 1.165) is 31.3 Å². The van der Waals surface area contributed by atoms with Crippen molar-refractivity contribution < 1.29 is 5.11 Å². The first-order chi connectivity index (χ1) is 8.22. The number of hydrogen-bond acceptors (Lipinski definition) is 2. The lowest BCUT2D eigenvalue weighted by Crippen LogP contribution is -2.39. The summed E-state index contributed by atoms with van der Waals surface area (Å²) >= 11 is 0. The zero-order chi connectivity index (χ0) is 12.3. The average Bonchev–Trinajstić information content (AvgIpc) is 3.14. The molecule has 2 fully saturated rings. The van der Waals surface area contributed by atoms with Crippen LogP contribution in [-0.2, 0) is 0 Å². The summed E-state index contributed by atoms with van der Waals surface area (Å²) in [4.78, 5) is 2.57. The van der Waals surface area contributed by atoms with E-state index in [9.17, 15) is 5.11 Å². The third-order valence-corrected chi connectivity index (χ3v) is 4.78. The molecule has 17 heavy (non-hydrogen) atoms. The van der Waals surface area contributed by atoms with E-state index in [1.165, 1.54) is 38.6 Å². The highest BCUT2D eigenvalue weighted by atomic mass is 16.3. The van der Waals surface area contributed by atoms with E-state index in [0.29, 0.717) is 5.92 Å². The fraction of sp³-hybridized carbons (Fsp3) is 1.00. The van der Waals surface area contributed by atoms with Crippen LogP contribution in [0.3, 0.4) is 0 Å². The lowest BCUT2D eigenvalue weighted by atomic mass is 9.78. The predicted molar refractivity (Wildman–Crippen MR) is 72.0 cm³/mol. The molecule has 0 saturated heterocycles. The first-order valence-corrected chi connectivity index (χ1v) is 7.63. The Morgan fingerprint density at radius 2 is 1.71 bits per heavy atom. The first kappa shape index (κ1) is 13.4. The summed E-state index contributed by atoms with van der Waals surface area (Å²) in [7, 11) is 0. The van der Waals surface area contributed by atoms with Gasteiger partial charge in [0.1, 0.15) is 0 Å². The molecule has 1 N–H and O–H groups in total. The number of hydrogen-bond donors (Lipinski definition) is 1. The summed E-state index contributed by atoms with van der Waals surface area (Å²) in [5, 5.41) is 10.1. The Morgan fingerprint density at radius 3 is 2.29 bits per heavy atom. The van der Waals surface area contributed by atoms with Gasteiger partial charge in [-0.3, -0.25) is 0 Å². The first-order valence-electron chi connectivity index (χ1n) is 7.63. The summed E-state index contributed by atoms with van der Waals surface area (Å²) in [6, 6.07) is 0. The number of nitrogens with zero attached hydrogens (tertiary/aromatic N) is 1. The van der Waals surface area contributed by atoms with Crippen molar-refractivity contribution in [2.75, 3.05) is 19.6 Å². The second-order valence-corrected chi connectivity index (χ2v) is 6.21. The van der Waals surface area contributed by atoms with Gasteiger partial charge in [-0.25, -0.2) is 0 Å². The zero-order valence-electron chi connectivity index (χ0n) is 11.6. The normalized spacial score (nSPS) is 34.2. The van der Waals surface area contributed by atoms with E-state index in [4.69, 9.17) is 0 Å². The highest BCUT2D eigenvalue weighted by Gasteiger charge is 2.31. The van der Waals surface area contributed by atoms with Gasteiger partial charge in [-0.05, 0) is 56.4 Å². The predicted octanol–water partition coefficient (Wildman–Crippen LogP) is 2.91. The molecule has 100 valence electrons. The van der Waals surface area contributed by atoms with Crippen LogP contribution in [0.5, 0.6) is 0 Å². The van der Waals surface area contributed by atoms with Gasteiger partial charge in [0.25, 0.3) is 0 Å². The molecule has 2 heteroatoms. The minimum absolute atomic E-state index is 0.0361. The Hall–Kier alpha value is -0.0800. The van der Waals surface area contributed by atoms with Crippen LogP contribution in [0, 0.1) is 17.8 Å². The van der Waals surface area contributed by atoms with Gasteiger partial charge in [-0.2, -0.15) is 0 Å². The average molecular weight is 239 g/mol. The molecule has 0 aliphatic heterocycles. The molecule has 2 aliphatic rings. The number of aliphatic hydroxyl groups excluding tert-OH is 1. The van der Waals surface area contributed by atoms with Crippen LogP contribution in [0.25, 0.3) is 0 Å². The van der Waals surface area contributed by atoms with E-state index in [2.05, 4.69) is 18.7 Å². The highest BCUT2D eigenvalue weighted by Crippen LogP contribution is 2.33. The molecule has 3 unspecified atom stereocenters. The van der Waals surface area contributed by atoms with Crippen LogP contribution < -0.4 is 0 Å². The summed E-state index contributed by atoms with van der Waals surface area (Å²) in [6.45, 7) is 8.10. The third kappa shape index (κ3) is 3.96. The largest absolute Gasteiger partial charge is 0.393 e. The minimum Gasteiger partial charge on any atom is -0.393 e. The van der Waals surface area contributed by atoms with Crippen molar-refractivity contribution in [3.05, 3.63) is 0 Å². The van der Waals surface area contributed by atoms with Crippen LogP contribution in [-0.4, -0.2) is 35.7 Å². The molecule has 0 aromatic rings. The Kier molecular flexibility index (Phi) is 4.87. The Labute approximate surface area is 106 Å². The Morgan fingerprint density at radius 1 is 1.00 bits per heavy atom. The molecule has 3 atom stereocenters. The van der Waals surface area contributed by atoms with E-state index in [1.807, 2.05) is 0 Å². The molecule has 2 rings (SSSR count). The zero-order valence-corrected chi connectivity index (χ0v) is 11.6. The van der Waals surface area contributed by atoms with Crippen LogP contribution in [0.15, 0.2) is 0 Å². The highest BCUT2D eigenvalue weighted by molar-refractivity contribution is 4.83. The molecule has 0 bridgehead atoms.